The van der Waals surface area contributed by atoms with E-state index in [1.54, 1.807) is 0 Å². The van der Waals surface area contributed by atoms with Gasteiger partial charge >= 0.3 is 6.18 Å². The molecule has 1 unspecified atom stereocenters. The van der Waals surface area contributed by atoms with Crippen LogP contribution in [-0.2, 0) is 11.0 Å². The van der Waals surface area contributed by atoms with E-state index in [9.17, 15) is 13.2 Å². The molecule has 1 aromatic heterocycles. The average molecular weight is 195 g/mol. The molecule has 0 spiro atoms. The number of halogens is 3. The monoisotopic (exact) mass is 195 g/mol. The first-order valence-corrected chi connectivity index (χ1v) is 3.42. The van der Waals surface area contributed by atoms with Gasteiger partial charge in [-0.1, -0.05) is 0 Å². The molecule has 1 heterocycles. The smallest absolute Gasteiger partial charge is 0.297 e. The Balaban J connectivity index is 3.03. The van der Waals surface area contributed by atoms with Crippen molar-refractivity contribution in [3.63, 3.8) is 0 Å². The molecular weight excluding hydrogens is 187 g/mol. The van der Waals surface area contributed by atoms with Crippen LogP contribution in [0.15, 0.2) is 6.20 Å². The molecule has 74 valence electrons. The third-order valence-corrected chi connectivity index (χ3v) is 1.59. The molecule has 0 aliphatic carbocycles. The van der Waals surface area contributed by atoms with Gasteiger partial charge in [0.05, 0.1) is 6.20 Å². The van der Waals surface area contributed by atoms with Crippen molar-refractivity contribution in [1.29, 1.82) is 0 Å². The molecule has 0 aliphatic rings. The summed E-state index contributed by atoms with van der Waals surface area (Å²) >= 11 is 0. The van der Waals surface area contributed by atoms with Crippen molar-refractivity contribution >= 4 is 0 Å². The third-order valence-electron chi connectivity index (χ3n) is 1.59. The van der Waals surface area contributed by atoms with Crippen molar-refractivity contribution in [3.8, 4) is 0 Å². The number of H-pyrrole nitrogens is 1. The summed E-state index contributed by atoms with van der Waals surface area (Å²) in [5.74, 6) is 4.77. The Kier molecular flexibility index (Phi) is 2.58. The molecule has 0 amide bonds. The van der Waals surface area contributed by atoms with E-state index in [0.717, 1.165) is 6.20 Å². The lowest BCUT2D eigenvalue weighted by atomic mass is 10.1. The summed E-state index contributed by atoms with van der Waals surface area (Å²) in [5, 5.41) is 5.13. The zero-order valence-corrected chi connectivity index (χ0v) is 6.72. The summed E-state index contributed by atoms with van der Waals surface area (Å²) in [6, 6.07) is 0. The second-order valence-electron chi connectivity index (χ2n) is 2.48. The Morgan fingerprint density at radius 3 is 2.69 bits per heavy atom. The Bertz CT molecular complexity index is 283. The van der Waals surface area contributed by atoms with Crippen molar-refractivity contribution in [2.24, 2.45) is 5.90 Å². The van der Waals surface area contributed by atoms with Gasteiger partial charge in [-0.3, -0.25) is 9.94 Å². The topological polar surface area (TPSA) is 63.9 Å². The number of alkyl halides is 3. The first-order valence-electron chi connectivity index (χ1n) is 3.42. The molecule has 0 radical (unpaired) electrons. The zero-order chi connectivity index (χ0) is 10.1. The van der Waals surface area contributed by atoms with Gasteiger partial charge in [0.1, 0.15) is 11.8 Å². The highest BCUT2D eigenvalue weighted by atomic mass is 19.4. The summed E-state index contributed by atoms with van der Waals surface area (Å²) < 4.78 is 36.6. The predicted octanol–water partition coefficient (Wildman–Crippen LogP) is 1.38. The summed E-state index contributed by atoms with van der Waals surface area (Å²) in [7, 11) is 0. The van der Waals surface area contributed by atoms with Crippen LogP contribution in [0.4, 0.5) is 13.2 Å². The van der Waals surface area contributed by atoms with Gasteiger partial charge in [0.2, 0.25) is 0 Å². The minimum atomic E-state index is -4.46. The highest BCUT2D eigenvalue weighted by Crippen LogP contribution is 2.33. The van der Waals surface area contributed by atoms with E-state index in [0.29, 0.717) is 0 Å². The highest BCUT2D eigenvalue weighted by molar-refractivity contribution is 5.21. The number of aromatic nitrogens is 2. The molecule has 3 N–H and O–H groups in total. The van der Waals surface area contributed by atoms with Crippen LogP contribution in [0.3, 0.4) is 0 Å². The fraction of sp³-hybridized carbons (Fsp3) is 0.500. The second-order valence-corrected chi connectivity index (χ2v) is 2.48. The van der Waals surface area contributed by atoms with Crippen LogP contribution >= 0.6 is 0 Å². The largest absolute Gasteiger partial charge is 0.433 e. The summed E-state index contributed by atoms with van der Waals surface area (Å²) in [4.78, 5) is 4.27. The number of hydrogen-bond donors (Lipinski definition) is 2. The van der Waals surface area contributed by atoms with Crippen molar-refractivity contribution in [2.45, 2.75) is 19.2 Å². The van der Waals surface area contributed by atoms with Gasteiger partial charge in [0.15, 0.2) is 0 Å². The number of rotatable bonds is 2. The lowest BCUT2D eigenvalue weighted by Crippen LogP contribution is -2.13. The van der Waals surface area contributed by atoms with Gasteiger partial charge in [-0.25, -0.2) is 5.90 Å². The first kappa shape index (κ1) is 10.0. The number of hydrogen-bond acceptors (Lipinski definition) is 3. The van der Waals surface area contributed by atoms with E-state index >= 15 is 0 Å². The molecule has 1 rings (SSSR count). The van der Waals surface area contributed by atoms with Crippen LogP contribution in [-0.4, -0.2) is 10.2 Å². The zero-order valence-electron chi connectivity index (χ0n) is 6.72. The molecule has 0 saturated carbocycles. The minimum Gasteiger partial charge on any atom is -0.297 e. The fourth-order valence-electron chi connectivity index (χ4n) is 0.904. The minimum absolute atomic E-state index is 0.102. The van der Waals surface area contributed by atoms with Crippen LogP contribution < -0.4 is 5.90 Å². The standard InChI is InChI=1S/C6H8F3N3O/c1-3(13-10)4-2-11-12-5(4)6(7,8)9/h2-3H,10H2,1H3,(H,11,12). The number of aromatic amines is 1. The van der Waals surface area contributed by atoms with Gasteiger partial charge in [-0.2, -0.15) is 18.3 Å². The van der Waals surface area contributed by atoms with Crippen LogP contribution in [0.5, 0.6) is 0 Å². The molecule has 13 heavy (non-hydrogen) atoms. The quantitative estimate of drug-likeness (QED) is 0.700. The highest BCUT2D eigenvalue weighted by Gasteiger charge is 2.36. The van der Waals surface area contributed by atoms with Crippen LogP contribution in [0, 0.1) is 0 Å². The fourth-order valence-corrected chi connectivity index (χ4v) is 0.904. The molecule has 1 aromatic rings. The Hall–Kier alpha value is -1.08. The van der Waals surface area contributed by atoms with E-state index in [2.05, 4.69) is 9.94 Å². The normalized spacial score (nSPS) is 14.5. The SMILES string of the molecule is CC(ON)c1cn[nH]c1C(F)(F)F. The lowest BCUT2D eigenvalue weighted by Gasteiger charge is -2.10. The average Bonchev–Trinajstić information content (AvgIpc) is 2.49. The van der Waals surface area contributed by atoms with E-state index in [4.69, 9.17) is 5.90 Å². The predicted molar refractivity (Wildman–Crippen MR) is 37.3 cm³/mol. The van der Waals surface area contributed by atoms with E-state index < -0.39 is 18.0 Å². The van der Waals surface area contributed by atoms with Crippen molar-refractivity contribution < 1.29 is 18.0 Å². The molecule has 1 atom stereocenters. The summed E-state index contributed by atoms with van der Waals surface area (Å²) in [5.41, 5.74) is -1.03. The van der Waals surface area contributed by atoms with Crippen molar-refractivity contribution in [3.05, 3.63) is 17.5 Å². The lowest BCUT2D eigenvalue weighted by molar-refractivity contribution is -0.143. The van der Waals surface area contributed by atoms with Gasteiger partial charge in [0.25, 0.3) is 0 Å². The molecule has 7 heteroatoms. The van der Waals surface area contributed by atoms with E-state index in [1.165, 1.54) is 6.92 Å². The first-order chi connectivity index (χ1) is 5.96. The summed E-state index contributed by atoms with van der Waals surface area (Å²) in [6.07, 6.45) is -4.26. The molecule has 4 nitrogen and oxygen atoms in total. The van der Waals surface area contributed by atoms with E-state index in [-0.39, 0.29) is 5.56 Å². The maximum absolute atomic E-state index is 12.2. The maximum Gasteiger partial charge on any atom is 0.433 e. The third kappa shape index (κ3) is 1.99. The van der Waals surface area contributed by atoms with Crippen molar-refractivity contribution in [1.82, 2.24) is 10.2 Å². The molecule has 0 bridgehead atoms. The molecule has 0 fully saturated rings. The van der Waals surface area contributed by atoms with Crippen LogP contribution in [0.25, 0.3) is 0 Å². The molecule has 0 aromatic carbocycles. The number of nitrogens with two attached hydrogens (primary N) is 1. The van der Waals surface area contributed by atoms with Crippen LogP contribution in [0.1, 0.15) is 24.3 Å². The van der Waals surface area contributed by atoms with Gasteiger partial charge in [0, 0.05) is 5.56 Å². The Labute approximate surface area is 71.8 Å². The number of nitrogens with zero attached hydrogens (tertiary/aromatic N) is 1. The summed E-state index contributed by atoms with van der Waals surface area (Å²) in [6.45, 7) is 1.40. The maximum atomic E-state index is 12.2. The second kappa shape index (κ2) is 3.35. The van der Waals surface area contributed by atoms with E-state index in [1.807, 2.05) is 5.10 Å². The number of nitrogens with one attached hydrogen (secondary N) is 1. The van der Waals surface area contributed by atoms with Crippen LogP contribution in [0.2, 0.25) is 0 Å². The molecule has 0 saturated heterocycles. The Morgan fingerprint density at radius 2 is 2.23 bits per heavy atom. The Morgan fingerprint density at radius 1 is 1.62 bits per heavy atom. The van der Waals surface area contributed by atoms with Gasteiger partial charge < -0.3 is 0 Å². The van der Waals surface area contributed by atoms with Gasteiger partial charge in [-0.05, 0) is 6.92 Å². The molecular formula is C6H8F3N3O. The molecule has 0 aliphatic heterocycles. The van der Waals surface area contributed by atoms with Crippen molar-refractivity contribution in [2.75, 3.05) is 0 Å². The van der Waals surface area contributed by atoms with Gasteiger partial charge in [-0.15, -0.1) is 0 Å².